The van der Waals surface area contributed by atoms with E-state index in [2.05, 4.69) is 10.5 Å². The summed E-state index contributed by atoms with van der Waals surface area (Å²) >= 11 is 2.80. The van der Waals surface area contributed by atoms with E-state index in [0.717, 1.165) is 47.4 Å². The van der Waals surface area contributed by atoms with Crippen LogP contribution in [0.4, 0.5) is 0 Å². The van der Waals surface area contributed by atoms with Crippen molar-refractivity contribution in [3.05, 3.63) is 105 Å². The number of para-hydroxylation sites is 1. The molecule has 0 bridgehead atoms. The standard InChI is InChI=1S/C32H28N4O4S2/c1-39-23-16-14-22(15-17-23)36-31(38)29-26-12-5-6-13-27(26)42-30(29)34-32(36)41-20-28(37)35-33-19-21-8-7-11-25(18-21)40-24-9-3-2-4-10-24/h2-4,7-11,14-19H,5-6,12-13,20H2,1H3,(H,35,37). The number of benzene rings is 3. The van der Waals surface area contributed by atoms with Crippen molar-refractivity contribution >= 4 is 45.4 Å². The second-order valence-electron chi connectivity index (χ2n) is 9.69. The first-order chi connectivity index (χ1) is 20.6. The lowest BCUT2D eigenvalue weighted by atomic mass is 9.97. The summed E-state index contributed by atoms with van der Waals surface area (Å²) in [6, 6.07) is 24.2. The molecule has 3 aromatic carbocycles. The quantitative estimate of drug-likeness (QED) is 0.0920. The lowest BCUT2D eigenvalue weighted by molar-refractivity contribution is -0.118. The number of amides is 1. The Morgan fingerprint density at radius 1 is 1.02 bits per heavy atom. The van der Waals surface area contributed by atoms with Gasteiger partial charge in [0.05, 0.1) is 30.2 Å². The highest BCUT2D eigenvalue weighted by atomic mass is 32.2. The molecule has 1 N–H and O–H groups in total. The number of nitrogens with zero attached hydrogens (tertiary/aromatic N) is 3. The first-order valence-electron chi connectivity index (χ1n) is 13.6. The van der Waals surface area contributed by atoms with Gasteiger partial charge in [0.2, 0.25) is 0 Å². The number of carbonyl (C=O) groups excluding carboxylic acids is 1. The molecule has 0 saturated carbocycles. The highest BCUT2D eigenvalue weighted by Gasteiger charge is 2.23. The fraction of sp³-hybridized carbons (Fsp3) is 0.188. The number of hydrazone groups is 1. The number of hydrogen-bond acceptors (Lipinski definition) is 8. The van der Waals surface area contributed by atoms with Crippen LogP contribution in [0, 0.1) is 0 Å². The summed E-state index contributed by atoms with van der Waals surface area (Å²) in [7, 11) is 1.60. The topological polar surface area (TPSA) is 94.8 Å². The van der Waals surface area contributed by atoms with E-state index in [-0.39, 0.29) is 17.2 Å². The Morgan fingerprint density at radius 3 is 2.62 bits per heavy atom. The molecular formula is C32H28N4O4S2. The fourth-order valence-electron chi connectivity index (χ4n) is 4.87. The van der Waals surface area contributed by atoms with E-state index in [4.69, 9.17) is 14.5 Å². The molecule has 0 spiro atoms. The SMILES string of the molecule is COc1ccc(-n2c(SCC(=O)NN=Cc3cccc(Oc4ccccc4)c3)nc3sc4c(c3c2=O)CCCC4)cc1. The molecule has 212 valence electrons. The van der Waals surface area contributed by atoms with Gasteiger partial charge >= 0.3 is 0 Å². The van der Waals surface area contributed by atoms with Gasteiger partial charge in [-0.2, -0.15) is 5.10 Å². The van der Waals surface area contributed by atoms with Crippen molar-refractivity contribution in [2.24, 2.45) is 5.10 Å². The van der Waals surface area contributed by atoms with Crippen molar-refractivity contribution < 1.29 is 14.3 Å². The third-order valence-electron chi connectivity index (χ3n) is 6.86. The molecule has 10 heteroatoms. The number of aromatic nitrogens is 2. The van der Waals surface area contributed by atoms with Crippen molar-refractivity contribution in [2.45, 2.75) is 30.8 Å². The normalized spacial score (nSPS) is 12.8. The largest absolute Gasteiger partial charge is 0.497 e. The van der Waals surface area contributed by atoms with E-state index in [1.165, 1.54) is 16.6 Å². The number of nitrogens with one attached hydrogen (secondary N) is 1. The lowest BCUT2D eigenvalue weighted by Gasteiger charge is -2.14. The van der Waals surface area contributed by atoms with Gasteiger partial charge in [0.1, 0.15) is 22.1 Å². The summed E-state index contributed by atoms with van der Waals surface area (Å²) in [5.41, 5.74) is 5.04. The fourth-order valence-corrected chi connectivity index (χ4v) is 6.97. The first kappa shape index (κ1) is 27.7. The zero-order chi connectivity index (χ0) is 28.9. The van der Waals surface area contributed by atoms with Crippen LogP contribution in [-0.4, -0.2) is 34.5 Å². The predicted molar refractivity (Wildman–Crippen MR) is 168 cm³/mol. The molecule has 0 saturated heterocycles. The van der Waals surface area contributed by atoms with E-state index in [1.807, 2.05) is 78.9 Å². The van der Waals surface area contributed by atoms with Crippen LogP contribution in [0.5, 0.6) is 17.2 Å². The number of rotatable bonds is 9. The Bertz CT molecular complexity index is 1810. The summed E-state index contributed by atoms with van der Waals surface area (Å²) in [6.07, 6.45) is 5.63. The van der Waals surface area contributed by atoms with E-state index in [1.54, 1.807) is 29.2 Å². The molecule has 0 unspecified atom stereocenters. The van der Waals surface area contributed by atoms with Gasteiger partial charge in [-0.15, -0.1) is 11.3 Å². The summed E-state index contributed by atoms with van der Waals surface area (Å²) in [5.74, 6) is 1.82. The predicted octanol–water partition coefficient (Wildman–Crippen LogP) is 6.37. The van der Waals surface area contributed by atoms with Gasteiger partial charge in [-0.05, 0) is 85.3 Å². The van der Waals surface area contributed by atoms with Gasteiger partial charge in [-0.25, -0.2) is 10.4 Å². The minimum atomic E-state index is -0.311. The Balaban J connectivity index is 1.19. The van der Waals surface area contributed by atoms with E-state index in [9.17, 15) is 9.59 Å². The third kappa shape index (κ3) is 6.09. The molecule has 2 heterocycles. The van der Waals surface area contributed by atoms with Gasteiger partial charge in [-0.1, -0.05) is 42.1 Å². The Labute approximate surface area is 251 Å². The second kappa shape index (κ2) is 12.6. The van der Waals surface area contributed by atoms with Crippen LogP contribution in [0.15, 0.2) is 93.9 Å². The zero-order valence-corrected chi connectivity index (χ0v) is 24.5. The van der Waals surface area contributed by atoms with Crippen LogP contribution in [-0.2, 0) is 17.6 Å². The molecule has 0 fully saturated rings. The number of thiophene rings is 1. The molecule has 1 aliphatic rings. The van der Waals surface area contributed by atoms with Crippen molar-refractivity contribution in [2.75, 3.05) is 12.9 Å². The van der Waals surface area contributed by atoms with E-state index in [0.29, 0.717) is 27.7 Å². The van der Waals surface area contributed by atoms with Crippen molar-refractivity contribution in [3.8, 4) is 22.9 Å². The number of carbonyl (C=O) groups is 1. The maximum absolute atomic E-state index is 13.9. The average molecular weight is 597 g/mol. The minimum absolute atomic E-state index is 0.0354. The molecule has 6 rings (SSSR count). The molecular weight excluding hydrogens is 569 g/mol. The molecule has 1 amide bonds. The smallest absolute Gasteiger partial charge is 0.267 e. The van der Waals surface area contributed by atoms with Gasteiger partial charge in [0.15, 0.2) is 5.16 Å². The summed E-state index contributed by atoms with van der Waals surface area (Å²) < 4.78 is 12.8. The number of aryl methyl sites for hydroxylation is 2. The third-order valence-corrected chi connectivity index (χ3v) is 8.99. The Kier molecular flexibility index (Phi) is 8.34. The molecule has 1 aliphatic carbocycles. The molecule has 8 nitrogen and oxygen atoms in total. The second-order valence-corrected chi connectivity index (χ2v) is 11.7. The van der Waals surface area contributed by atoms with Crippen molar-refractivity contribution in [1.82, 2.24) is 15.0 Å². The first-order valence-corrected chi connectivity index (χ1v) is 15.4. The number of ether oxygens (including phenoxy) is 2. The monoisotopic (exact) mass is 596 g/mol. The molecule has 0 aliphatic heterocycles. The zero-order valence-electron chi connectivity index (χ0n) is 22.9. The van der Waals surface area contributed by atoms with Gasteiger partial charge < -0.3 is 9.47 Å². The number of methoxy groups -OCH3 is 1. The molecule has 2 aromatic heterocycles. The summed E-state index contributed by atoms with van der Waals surface area (Å²) in [5, 5.41) is 5.28. The van der Waals surface area contributed by atoms with E-state index >= 15 is 0 Å². The highest BCUT2D eigenvalue weighted by Crippen LogP contribution is 2.35. The molecule has 0 radical (unpaired) electrons. The maximum Gasteiger partial charge on any atom is 0.267 e. The lowest BCUT2D eigenvalue weighted by Crippen LogP contribution is -2.24. The van der Waals surface area contributed by atoms with Crippen LogP contribution in [0.25, 0.3) is 15.9 Å². The molecule has 42 heavy (non-hydrogen) atoms. The van der Waals surface area contributed by atoms with Crippen LogP contribution in [0.3, 0.4) is 0 Å². The van der Waals surface area contributed by atoms with Gasteiger partial charge in [0.25, 0.3) is 11.5 Å². The van der Waals surface area contributed by atoms with Gasteiger partial charge in [0, 0.05) is 4.88 Å². The Morgan fingerprint density at radius 2 is 1.81 bits per heavy atom. The summed E-state index contributed by atoms with van der Waals surface area (Å²) in [6.45, 7) is 0. The van der Waals surface area contributed by atoms with Crippen LogP contribution < -0.4 is 20.5 Å². The molecule has 5 aromatic rings. The summed E-state index contributed by atoms with van der Waals surface area (Å²) in [4.78, 5) is 33.5. The van der Waals surface area contributed by atoms with Crippen molar-refractivity contribution in [1.29, 1.82) is 0 Å². The number of fused-ring (bicyclic) bond motifs is 3. The van der Waals surface area contributed by atoms with Crippen LogP contribution in [0.1, 0.15) is 28.8 Å². The van der Waals surface area contributed by atoms with E-state index < -0.39 is 0 Å². The van der Waals surface area contributed by atoms with Crippen LogP contribution in [0.2, 0.25) is 0 Å². The van der Waals surface area contributed by atoms with Crippen LogP contribution >= 0.6 is 23.1 Å². The van der Waals surface area contributed by atoms with Crippen molar-refractivity contribution in [3.63, 3.8) is 0 Å². The maximum atomic E-state index is 13.9. The average Bonchev–Trinajstić information content (AvgIpc) is 3.40. The highest BCUT2D eigenvalue weighted by molar-refractivity contribution is 7.99. The minimum Gasteiger partial charge on any atom is -0.497 e. The number of hydrogen-bond donors (Lipinski definition) is 1. The molecule has 0 atom stereocenters. The Hall–Kier alpha value is -4.41. The number of thioether (sulfide) groups is 1. The van der Waals surface area contributed by atoms with Gasteiger partial charge in [-0.3, -0.25) is 14.2 Å².